The quantitative estimate of drug-likeness (QED) is 0.676. The average Bonchev–Trinajstić information content (AvgIpc) is 2.81. The van der Waals surface area contributed by atoms with E-state index in [1.54, 1.807) is 18.2 Å². The van der Waals surface area contributed by atoms with Crippen molar-refractivity contribution < 1.29 is 14.7 Å². The number of aryl methyl sites for hydroxylation is 2. The van der Waals surface area contributed by atoms with E-state index in [0.717, 1.165) is 16.8 Å². The average molecular weight is 351 g/mol. The minimum absolute atomic E-state index is 0.0836. The molecule has 126 valence electrons. The van der Waals surface area contributed by atoms with Gasteiger partial charge in [-0.05, 0) is 66.5 Å². The fraction of sp³-hybridized carbons (Fsp3) is 0.105. The van der Waals surface area contributed by atoms with E-state index in [1.807, 2.05) is 32.0 Å². The normalized spacial score (nSPS) is 15.6. The van der Waals surface area contributed by atoms with Gasteiger partial charge in [0.1, 0.15) is 5.70 Å². The van der Waals surface area contributed by atoms with Crippen LogP contribution in [0, 0.1) is 13.8 Å². The van der Waals surface area contributed by atoms with Crippen LogP contribution in [0.15, 0.2) is 48.2 Å². The highest BCUT2D eigenvalue weighted by molar-refractivity contribution is 7.80. The first-order chi connectivity index (χ1) is 11.8. The van der Waals surface area contributed by atoms with Crippen molar-refractivity contribution in [3.63, 3.8) is 0 Å². The van der Waals surface area contributed by atoms with Crippen molar-refractivity contribution in [3.8, 4) is 0 Å². The van der Waals surface area contributed by atoms with Crippen molar-refractivity contribution in [1.82, 2.24) is 5.32 Å². The largest absolute Gasteiger partial charge is 0.545 e. The van der Waals surface area contributed by atoms with Gasteiger partial charge in [0.25, 0.3) is 5.91 Å². The van der Waals surface area contributed by atoms with Crippen molar-refractivity contribution in [1.29, 1.82) is 0 Å². The van der Waals surface area contributed by atoms with Gasteiger partial charge >= 0.3 is 0 Å². The summed E-state index contributed by atoms with van der Waals surface area (Å²) >= 11 is 5.30. The van der Waals surface area contributed by atoms with Crippen LogP contribution in [0.25, 0.3) is 6.08 Å². The molecule has 0 aromatic heterocycles. The number of carbonyl (C=O) groups is 2. The van der Waals surface area contributed by atoms with Crippen LogP contribution in [-0.2, 0) is 4.79 Å². The number of aromatic carboxylic acids is 1. The number of carbonyl (C=O) groups excluding carboxylic acids is 2. The standard InChI is InChI=1S/C19H16N2O3S/c1-11-7-12(2)9-15(8-11)21-17(22)16(20-19(21)25)10-13-3-5-14(6-4-13)18(23)24/h3-10H,1-2H3,(H,20,25)(H,23,24)/p-1/b16-10+. The van der Waals surface area contributed by atoms with E-state index in [0.29, 0.717) is 16.4 Å². The molecule has 2 aromatic rings. The fourth-order valence-corrected chi connectivity index (χ4v) is 3.03. The lowest BCUT2D eigenvalue weighted by Gasteiger charge is -2.15. The van der Waals surface area contributed by atoms with E-state index in [2.05, 4.69) is 5.32 Å². The fourth-order valence-electron chi connectivity index (χ4n) is 2.73. The highest BCUT2D eigenvalue weighted by Gasteiger charge is 2.32. The molecule has 0 saturated carbocycles. The van der Waals surface area contributed by atoms with Gasteiger partial charge in [-0.3, -0.25) is 9.69 Å². The molecule has 3 rings (SSSR count). The summed E-state index contributed by atoms with van der Waals surface area (Å²) in [5.41, 5.74) is 3.91. The Labute approximate surface area is 150 Å². The van der Waals surface area contributed by atoms with Crippen molar-refractivity contribution >= 4 is 41.0 Å². The monoisotopic (exact) mass is 351 g/mol. The van der Waals surface area contributed by atoms with E-state index < -0.39 is 5.97 Å². The summed E-state index contributed by atoms with van der Waals surface area (Å²) in [6, 6.07) is 11.9. The van der Waals surface area contributed by atoms with Crippen LogP contribution < -0.4 is 15.3 Å². The molecule has 0 atom stereocenters. The topological polar surface area (TPSA) is 72.5 Å². The van der Waals surface area contributed by atoms with Crippen LogP contribution in [-0.4, -0.2) is 17.0 Å². The third-order valence-electron chi connectivity index (χ3n) is 3.80. The van der Waals surface area contributed by atoms with Crippen LogP contribution in [0.2, 0.25) is 0 Å². The number of amides is 1. The molecule has 0 aliphatic carbocycles. The molecule has 1 aliphatic heterocycles. The third-order valence-corrected chi connectivity index (χ3v) is 4.08. The summed E-state index contributed by atoms with van der Waals surface area (Å²) in [6.45, 7) is 3.92. The second-order valence-electron chi connectivity index (χ2n) is 5.88. The van der Waals surface area contributed by atoms with Crippen molar-refractivity contribution in [2.75, 3.05) is 4.90 Å². The second kappa shape index (κ2) is 6.49. The zero-order chi connectivity index (χ0) is 18.1. The molecule has 1 amide bonds. The molecule has 25 heavy (non-hydrogen) atoms. The highest BCUT2D eigenvalue weighted by Crippen LogP contribution is 2.24. The van der Waals surface area contributed by atoms with Gasteiger partial charge in [-0.2, -0.15) is 0 Å². The summed E-state index contributed by atoms with van der Waals surface area (Å²) in [7, 11) is 0. The van der Waals surface area contributed by atoms with Crippen molar-refractivity contribution in [2.45, 2.75) is 13.8 Å². The number of carboxylic acids is 1. The predicted molar refractivity (Wildman–Crippen MR) is 97.9 cm³/mol. The van der Waals surface area contributed by atoms with Crippen molar-refractivity contribution in [3.05, 3.63) is 70.4 Å². The first-order valence-corrected chi connectivity index (χ1v) is 8.03. The van der Waals surface area contributed by atoms with E-state index in [1.165, 1.54) is 17.0 Å². The lowest BCUT2D eigenvalue weighted by atomic mass is 10.1. The Balaban J connectivity index is 1.91. The van der Waals surface area contributed by atoms with Gasteiger partial charge in [-0.1, -0.05) is 30.3 Å². The Morgan fingerprint density at radius 3 is 2.28 bits per heavy atom. The number of nitrogens with zero attached hydrogens (tertiary/aromatic N) is 1. The van der Waals surface area contributed by atoms with Crippen LogP contribution >= 0.6 is 12.2 Å². The van der Waals surface area contributed by atoms with E-state index in [-0.39, 0.29) is 11.5 Å². The molecule has 1 heterocycles. The number of rotatable bonds is 3. The number of hydrogen-bond acceptors (Lipinski definition) is 4. The maximum absolute atomic E-state index is 12.7. The predicted octanol–water partition coefficient (Wildman–Crippen LogP) is 1.93. The number of thiocarbonyl (C=S) groups is 1. The summed E-state index contributed by atoms with van der Waals surface area (Å²) in [5, 5.41) is 14.0. The van der Waals surface area contributed by atoms with Gasteiger partial charge in [-0.25, -0.2) is 0 Å². The van der Waals surface area contributed by atoms with E-state index in [9.17, 15) is 14.7 Å². The lowest BCUT2D eigenvalue weighted by Crippen LogP contribution is -2.30. The molecular formula is C19H15N2O3S-. The molecule has 6 heteroatoms. The van der Waals surface area contributed by atoms with Crippen molar-refractivity contribution in [2.24, 2.45) is 0 Å². The van der Waals surface area contributed by atoms with E-state index >= 15 is 0 Å². The van der Waals surface area contributed by atoms with Gasteiger partial charge in [-0.15, -0.1) is 0 Å². The lowest BCUT2D eigenvalue weighted by molar-refractivity contribution is -0.255. The molecule has 1 fully saturated rings. The Bertz CT molecular complexity index is 897. The first kappa shape index (κ1) is 16.9. The summed E-state index contributed by atoms with van der Waals surface area (Å²) < 4.78 is 0. The van der Waals surface area contributed by atoms with Crippen LogP contribution in [0.3, 0.4) is 0 Å². The molecule has 5 nitrogen and oxygen atoms in total. The first-order valence-electron chi connectivity index (χ1n) is 7.62. The number of hydrogen-bond donors (Lipinski definition) is 1. The van der Waals surface area contributed by atoms with Crippen LogP contribution in [0.5, 0.6) is 0 Å². The molecule has 2 aromatic carbocycles. The van der Waals surface area contributed by atoms with Gasteiger partial charge < -0.3 is 15.2 Å². The number of anilines is 1. The minimum atomic E-state index is -1.24. The molecule has 1 N–H and O–H groups in total. The van der Waals surface area contributed by atoms with Gasteiger partial charge in [0.05, 0.1) is 11.7 Å². The summed E-state index contributed by atoms with van der Waals surface area (Å²) in [4.78, 5) is 25.0. The van der Waals surface area contributed by atoms with Gasteiger partial charge in [0.2, 0.25) is 0 Å². The Kier molecular flexibility index (Phi) is 4.37. The SMILES string of the molecule is Cc1cc(C)cc(N2C(=O)/C(=C\c3ccc(C(=O)[O-])cc3)NC2=S)c1. The Morgan fingerprint density at radius 1 is 1.12 bits per heavy atom. The third kappa shape index (κ3) is 3.44. The molecule has 0 unspecified atom stereocenters. The molecule has 0 radical (unpaired) electrons. The number of benzene rings is 2. The summed E-state index contributed by atoms with van der Waals surface area (Å²) in [5.74, 6) is -1.49. The smallest absolute Gasteiger partial charge is 0.281 e. The van der Waals surface area contributed by atoms with Crippen LogP contribution in [0.1, 0.15) is 27.0 Å². The zero-order valence-electron chi connectivity index (χ0n) is 13.7. The minimum Gasteiger partial charge on any atom is -0.545 e. The second-order valence-corrected chi connectivity index (χ2v) is 6.27. The Hall–Kier alpha value is -2.99. The molecule has 1 saturated heterocycles. The van der Waals surface area contributed by atoms with Gasteiger partial charge in [0, 0.05) is 0 Å². The molecule has 0 bridgehead atoms. The van der Waals surface area contributed by atoms with E-state index in [4.69, 9.17) is 12.2 Å². The molecular weight excluding hydrogens is 336 g/mol. The van der Waals surface area contributed by atoms with Gasteiger partial charge in [0.15, 0.2) is 5.11 Å². The number of nitrogens with one attached hydrogen (secondary N) is 1. The zero-order valence-corrected chi connectivity index (χ0v) is 14.5. The molecule has 0 spiro atoms. The maximum atomic E-state index is 12.7. The summed E-state index contributed by atoms with van der Waals surface area (Å²) in [6.07, 6.45) is 1.64. The number of carboxylic acid groups (broad SMARTS) is 1. The van der Waals surface area contributed by atoms with Crippen LogP contribution in [0.4, 0.5) is 5.69 Å². The molecule has 1 aliphatic rings. The maximum Gasteiger partial charge on any atom is 0.281 e. The highest BCUT2D eigenvalue weighted by atomic mass is 32.1. The Morgan fingerprint density at radius 2 is 1.72 bits per heavy atom.